The Morgan fingerprint density at radius 1 is 1.33 bits per heavy atom. The molecule has 0 spiro atoms. The van der Waals surface area contributed by atoms with Crippen LogP contribution in [-0.4, -0.2) is 4.98 Å². The van der Waals surface area contributed by atoms with Gasteiger partial charge in [-0.05, 0) is 34.2 Å². The molecule has 62 valence electrons. The summed E-state index contributed by atoms with van der Waals surface area (Å²) in [5.74, 6) is 0. The fraction of sp³-hybridized carbons (Fsp3) is 0. The lowest BCUT2D eigenvalue weighted by Gasteiger charge is -1.86. The van der Waals surface area contributed by atoms with Crippen molar-refractivity contribution >= 4 is 50.8 Å². The Balaban J connectivity index is 2.50. The van der Waals surface area contributed by atoms with E-state index in [0.717, 1.165) is 14.1 Å². The third kappa shape index (κ3) is 1.69. The Morgan fingerprint density at radius 3 is 2.67 bits per heavy atom. The molecule has 0 radical (unpaired) electrons. The summed E-state index contributed by atoms with van der Waals surface area (Å²) in [6.07, 6.45) is 0. The summed E-state index contributed by atoms with van der Waals surface area (Å²) in [5, 5.41) is 4.10. The van der Waals surface area contributed by atoms with Crippen LogP contribution in [-0.2, 0) is 0 Å². The minimum atomic E-state index is 0.828. The monoisotopic (exact) mass is 277 g/mol. The summed E-state index contributed by atoms with van der Waals surface area (Å²) >= 11 is 11.7. The number of thiophene rings is 1. The van der Waals surface area contributed by atoms with E-state index in [2.05, 4.69) is 32.4 Å². The zero-order chi connectivity index (χ0) is 8.55. The summed E-state index contributed by atoms with van der Waals surface area (Å²) in [7, 11) is 0. The fourth-order valence-corrected chi connectivity index (χ4v) is 3.16. The Bertz CT molecular complexity index is 439. The van der Waals surface area contributed by atoms with Crippen molar-refractivity contribution in [1.29, 1.82) is 0 Å². The van der Waals surface area contributed by atoms with Gasteiger partial charge < -0.3 is 4.98 Å². The highest BCUT2D eigenvalue weighted by molar-refractivity contribution is 9.10. The topological polar surface area (TPSA) is 15.8 Å². The average Bonchev–Trinajstić information content (AvgIpc) is 2.58. The van der Waals surface area contributed by atoms with Crippen LogP contribution in [0.3, 0.4) is 0 Å². The number of halogens is 1. The van der Waals surface area contributed by atoms with E-state index in [-0.39, 0.29) is 0 Å². The van der Waals surface area contributed by atoms with Crippen LogP contribution in [0.5, 0.6) is 0 Å². The standard InChI is InChI=1S/C7H4BrNS3/c8-4-1-6(11-2-4)5-3-12-7(10)9-5/h1-3H,(H,9,10). The van der Waals surface area contributed by atoms with Crippen molar-refractivity contribution in [3.05, 3.63) is 25.3 Å². The first-order valence-electron chi connectivity index (χ1n) is 3.18. The van der Waals surface area contributed by atoms with E-state index in [4.69, 9.17) is 12.2 Å². The van der Waals surface area contributed by atoms with Gasteiger partial charge in [0, 0.05) is 15.2 Å². The van der Waals surface area contributed by atoms with Gasteiger partial charge in [0.1, 0.15) is 0 Å². The molecule has 2 aromatic heterocycles. The van der Waals surface area contributed by atoms with Gasteiger partial charge in [-0.15, -0.1) is 22.7 Å². The molecule has 0 aliphatic carbocycles. The number of nitrogens with one attached hydrogen (secondary N) is 1. The Hall–Kier alpha value is 0.0300. The summed E-state index contributed by atoms with van der Waals surface area (Å²) in [6, 6.07) is 2.08. The molecule has 0 amide bonds. The van der Waals surface area contributed by atoms with Crippen molar-refractivity contribution in [2.24, 2.45) is 0 Å². The van der Waals surface area contributed by atoms with Gasteiger partial charge in [-0.1, -0.05) is 0 Å². The quantitative estimate of drug-likeness (QED) is 0.769. The van der Waals surface area contributed by atoms with Crippen LogP contribution in [0.15, 0.2) is 21.3 Å². The Morgan fingerprint density at radius 2 is 2.17 bits per heavy atom. The van der Waals surface area contributed by atoms with Crippen molar-refractivity contribution in [1.82, 2.24) is 4.98 Å². The molecule has 0 atom stereocenters. The van der Waals surface area contributed by atoms with E-state index >= 15 is 0 Å². The molecule has 2 heterocycles. The predicted octanol–water partition coefficient (Wildman–Crippen LogP) is 4.30. The minimum absolute atomic E-state index is 0.828. The summed E-state index contributed by atoms with van der Waals surface area (Å²) in [5.41, 5.74) is 1.11. The van der Waals surface area contributed by atoms with Gasteiger partial charge in [0.2, 0.25) is 0 Å². The van der Waals surface area contributed by atoms with Crippen LogP contribution in [0, 0.1) is 3.95 Å². The molecule has 1 N–H and O–H groups in total. The molecule has 0 aliphatic heterocycles. The largest absolute Gasteiger partial charge is 0.336 e. The van der Waals surface area contributed by atoms with Gasteiger partial charge >= 0.3 is 0 Å². The molecule has 1 nitrogen and oxygen atoms in total. The highest BCUT2D eigenvalue weighted by Crippen LogP contribution is 2.29. The highest BCUT2D eigenvalue weighted by Gasteiger charge is 2.01. The molecular formula is C7H4BrNS3. The smallest absolute Gasteiger partial charge is 0.158 e. The second-order valence-electron chi connectivity index (χ2n) is 2.19. The van der Waals surface area contributed by atoms with E-state index in [9.17, 15) is 0 Å². The maximum absolute atomic E-state index is 5.00. The van der Waals surface area contributed by atoms with Crippen molar-refractivity contribution < 1.29 is 0 Å². The lowest BCUT2D eigenvalue weighted by Crippen LogP contribution is -1.67. The highest BCUT2D eigenvalue weighted by atomic mass is 79.9. The van der Waals surface area contributed by atoms with E-state index in [1.165, 1.54) is 4.88 Å². The lowest BCUT2D eigenvalue weighted by molar-refractivity contribution is 1.41. The van der Waals surface area contributed by atoms with Gasteiger partial charge in [-0.2, -0.15) is 0 Å². The van der Waals surface area contributed by atoms with Crippen molar-refractivity contribution in [3.63, 3.8) is 0 Å². The van der Waals surface area contributed by atoms with Crippen LogP contribution in [0.25, 0.3) is 10.6 Å². The van der Waals surface area contributed by atoms with Crippen LogP contribution >= 0.6 is 50.8 Å². The third-order valence-electron chi connectivity index (χ3n) is 1.35. The molecule has 2 rings (SSSR count). The van der Waals surface area contributed by atoms with E-state index < -0.39 is 0 Å². The maximum Gasteiger partial charge on any atom is 0.158 e. The number of aromatic nitrogens is 1. The Labute approximate surface area is 91.2 Å². The molecule has 0 saturated heterocycles. The molecule has 0 bridgehead atoms. The number of hydrogen-bond donors (Lipinski definition) is 1. The van der Waals surface area contributed by atoms with Gasteiger partial charge in [0.05, 0.1) is 10.6 Å². The van der Waals surface area contributed by atoms with Crippen LogP contribution in [0.1, 0.15) is 0 Å². The van der Waals surface area contributed by atoms with Gasteiger partial charge in [-0.3, -0.25) is 0 Å². The number of hydrogen-bond acceptors (Lipinski definition) is 3. The maximum atomic E-state index is 5.00. The molecule has 0 saturated carbocycles. The fourth-order valence-electron chi connectivity index (χ4n) is 0.855. The Kier molecular flexibility index (Phi) is 2.45. The summed E-state index contributed by atoms with van der Waals surface area (Å²) in [4.78, 5) is 4.35. The van der Waals surface area contributed by atoms with Gasteiger partial charge in [-0.25, -0.2) is 0 Å². The third-order valence-corrected chi connectivity index (χ3v) is 4.14. The van der Waals surface area contributed by atoms with Crippen molar-refractivity contribution in [2.75, 3.05) is 0 Å². The zero-order valence-corrected chi connectivity index (χ0v) is 9.87. The van der Waals surface area contributed by atoms with Gasteiger partial charge in [0.25, 0.3) is 0 Å². The van der Waals surface area contributed by atoms with E-state index in [1.54, 1.807) is 22.7 Å². The molecule has 0 aliphatic rings. The number of H-pyrrole nitrogens is 1. The number of rotatable bonds is 1. The summed E-state index contributed by atoms with van der Waals surface area (Å²) in [6.45, 7) is 0. The zero-order valence-electron chi connectivity index (χ0n) is 5.83. The normalized spacial score (nSPS) is 10.4. The minimum Gasteiger partial charge on any atom is -0.336 e. The van der Waals surface area contributed by atoms with Crippen LogP contribution in [0.2, 0.25) is 0 Å². The molecule has 12 heavy (non-hydrogen) atoms. The first-order valence-corrected chi connectivity index (χ1v) is 6.14. The molecule has 0 aromatic carbocycles. The summed E-state index contributed by atoms with van der Waals surface area (Å²) < 4.78 is 1.95. The van der Waals surface area contributed by atoms with Gasteiger partial charge in [0.15, 0.2) is 3.95 Å². The molecule has 2 aromatic rings. The SMILES string of the molecule is S=c1[nH]c(-c2cc(Br)cs2)cs1. The van der Waals surface area contributed by atoms with Crippen LogP contribution < -0.4 is 0 Å². The average molecular weight is 278 g/mol. The first kappa shape index (κ1) is 8.62. The first-order chi connectivity index (χ1) is 5.75. The number of aromatic amines is 1. The molecular weight excluding hydrogens is 274 g/mol. The predicted molar refractivity (Wildman–Crippen MR) is 60.5 cm³/mol. The van der Waals surface area contributed by atoms with Crippen molar-refractivity contribution in [2.45, 2.75) is 0 Å². The molecule has 0 fully saturated rings. The van der Waals surface area contributed by atoms with Crippen LogP contribution in [0.4, 0.5) is 0 Å². The molecule has 0 unspecified atom stereocenters. The lowest BCUT2D eigenvalue weighted by atomic mass is 10.4. The number of thiazole rings is 1. The van der Waals surface area contributed by atoms with Crippen molar-refractivity contribution in [3.8, 4) is 10.6 Å². The van der Waals surface area contributed by atoms with E-state index in [1.807, 2.05) is 5.38 Å². The van der Waals surface area contributed by atoms with E-state index in [0.29, 0.717) is 0 Å². The second-order valence-corrected chi connectivity index (χ2v) is 5.56. The second kappa shape index (κ2) is 3.41. The molecule has 5 heteroatoms.